The van der Waals surface area contributed by atoms with E-state index in [1.165, 1.54) is 0 Å². The largest absolute Gasteiger partial charge is 0.472 e. The second-order valence-electron chi connectivity index (χ2n) is 3.30. The summed E-state index contributed by atoms with van der Waals surface area (Å²) in [5.74, 6) is 0.416. The Labute approximate surface area is 104 Å². The predicted octanol–water partition coefficient (Wildman–Crippen LogP) is 2.84. The van der Waals surface area contributed by atoms with Crippen LogP contribution in [0.1, 0.15) is 19.8 Å². The Bertz CT molecular complexity index is 427. The minimum absolute atomic E-state index is 0.259. The fraction of sp³-hybridized carbons (Fsp3) is 0.400. The third-order valence-electron chi connectivity index (χ3n) is 1.94. The van der Waals surface area contributed by atoms with Crippen molar-refractivity contribution in [3.05, 3.63) is 28.7 Å². The van der Waals surface area contributed by atoms with Crippen molar-refractivity contribution in [3.8, 4) is 5.75 Å². The fourth-order valence-corrected chi connectivity index (χ4v) is 2.20. The van der Waals surface area contributed by atoms with Gasteiger partial charge >= 0.3 is 10.1 Å². The normalized spacial score (nSPS) is 13.4. The maximum atomic E-state index is 11.0. The molecular weight excluding hydrogens is 296 g/mol. The Balaban J connectivity index is 2.80. The molecule has 1 rings (SSSR count). The van der Waals surface area contributed by atoms with Gasteiger partial charge in [0.2, 0.25) is 5.44 Å². The molecule has 0 bridgehead atoms. The average Bonchev–Trinajstić information content (AvgIpc) is 2.19. The highest BCUT2D eigenvalue weighted by molar-refractivity contribution is 9.10. The summed E-state index contributed by atoms with van der Waals surface area (Å²) < 4.78 is 37.1. The minimum Gasteiger partial charge on any atom is -0.472 e. The molecule has 0 aliphatic carbocycles. The molecule has 0 spiro atoms. The zero-order valence-corrected chi connectivity index (χ0v) is 11.2. The minimum atomic E-state index is -4.17. The highest BCUT2D eigenvalue weighted by Crippen LogP contribution is 2.20. The molecule has 4 nitrogen and oxygen atoms in total. The van der Waals surface area contributed by atoms with Crippen LogP contribution in [0.3, 0.4) is 0 Å². The molecule has 0 amide bonds. The first kappa shape index (κ1) is 13.5. The van der Waals surface area contributed by atoms with Gasteiger partial charge in [0.05, 0.1) is 0 Å². The summed E-state index contributed by atoms with van der Waals surface area (Å²) in [5, 5.41) is 0. The number of hydrogen-bond acceptors (Lipinski definition) is 3. The number of halogens is 1. The van der Waals surface area contributed by atoms with Crippen molar-refractivity contribution in [1.82, 2.24) is 0 Å². The number of rotatable bonds is 5. The van der Waals surface area contributed by atoms with E-state index in [1.54, 1.807) is 24.3 Å². The van der Waals surface area contributed by atoms with Crippen molar-refractivity contribution < 1.29 is 17.7 Å². The van der Waals surface area contributed by atoms with Gasteiger partial charge in [-0.05, 0) is 24.3 Å². The van der Waals surface area contributed by atoms with Crippen LogP contribution in [-0.4, -0.2) is 18.4 Å². The monoisotopic (exact) mass is 308 g/mol. The SMILES string of the molecule is CCCC(Oc1ccc(Br)cc1)S(=O)(=O)O. The van der Waals surface area contributed by atoms with Crippen molar-refractivity contribution >= 4 is 26.0 Å². The average molecular weight is 309 g/mol. The van der Waals surface area contributed by atoms with Gasteiger partial charge in [-0.15, -0.1) is 0 Å². The molecule has 1 aromatic carbocycles. The van der Waals surface area contributed by atoms with Crippen molar-refractivity contribution in [1.29, 1.82) is 0 Å². The molecule has 0 radical (unpaired) electrons. The summed E-state index contributed by atoms with van der Waals surface area (Å²) >= 11 is 3.26. The van der Waals surface area contributed by atoms with Gasteiger partial charge in [-0.2, -0.15) is 8.42 Å². The predicted molar refractivity (Wildman–Crippen MR) is 65.0 cm³/mol. The van der Waals surface area contributed by atoms with Gasteiger partial charge in [-0.25, -0.2) is 0 Å². The van der Waals surface area contributed by atoms with Gasteiger partial charge in [0, 0.05) is 10.9 Å². The molecule has 6 heteroatoms. The van der Waals surface area contributed by atoms with Crippen LogP contribution < -0.4 is 4.74 Å². The summed E-state index contributed by atoms with van der Waals surface area (Å²) in [6.45, 7) is 1.82. The quantitative estimate of drug-likeness (QED) is 0.850. The van der Waals surface area contributed by atoms with Gasteiger partial charge in [0.15, 0.2) is 0 Å². The zero-order valence-electron chi connectivity index (χ0n) is 8.76. The van der Waals surface area contributed by atoms with E-state index in [1.807, 2.05) is 6.92 Å². The second-order valence-corrected chi connectivity index (χ2v) is 5.78. The third-order valence-corrected chi connectivity index (χ3v) is 3.46. The van der Waals surface area contributed by atoms with Crippen molar-refractivity contribution in [2.45, 2.75) is 25.2 Å². The maximum absolute atomic E-state index is 11.0. The Morgan fingerprint density at radius 3 is 2.38 bits per heavy atom. The number of benzene rings is 1. The highest BCUT2D eigenvalue weighted by Gasteiger charge is 2.23. The van der Waals surface area contributed by atoms with Crippen LogP contribution in [0.25, 0.3) is 0 Å². The fourth-order valence-electron chi connectivity index (χ4n) is 1.17. The molecule has 0 saturated heterocycles. The molecule has 1 atom stereocenters. The van der Waals surface area contributed by atoms with Crippen molar-refractivity contribution in [2.24, 2.45) is 0 Å². The summed E-state index contributed by atoms with van der Waals surface area (Å²) in [5.41, 5.74) is -1.20. The van der Waals surface area contributed by atoms with Crippen LogP contribution in [0.15, 0.2) is 28.7 Å². The summed E-state index contributed by atoms with van der Waals surface area (Å²) in [6, 6.07) is 6.75. The molecule has 90 valence electrons. The van der Waals surface area contributed by atoms with E-state index in [0.29, 0.717) is 12.2 Å². The number of ether oxygens (including phenoxy) is 1. The molecule has 1 unspecified atom stereocenters. The first-order chi connectivity index (χ1) is 7.43. The second kappa shape index (κ2) is 5.65. The molecule has 0 aliphatic heterocycles. The van der Waals surface area contributed by atoms with Gasteiger partial charge in [-0.3, -0.25) is 4.55 Å². The van der Waals surface area contributed by atoms with Crippen LogP contribution in [0.4, 0.5) is 0 Å². The molecule has 0 saturated carbocycles. The Kier molecular flexibility index (Phi) is 4.76. The van der Waals surface area contributed by atoms with Crippen LogP contribution in [0.5, 0.6) is 5.75 Å². The van der Waals surface area contributed by atoms with Crippen molar-refractivity contribution in [2.75, 3.05) is 0 Å². The lowest BCUT2D eigenvalue weighted by molar-refractivity contribution is 0.245. The molecular formula is C10H13BrO4S. The van der Waals surface area contributed by atoms with Gasteiger partial charge < -0.3 is 4.74 Å². The van der Waals surface area contributed by atoms with E-state index >= 15 is 0 Å². The first-order valence-corrected chi connectivity index (χ1v) is 7.11. The van der Waals surface area contributed by atoms with Gasteiger partial charge in [0.1, 0.15) is 5.75 Å². The van der Waals surface area contributed by atoms with Crippen LogP contribution in [0, 0.1) is 0 Å². The van der Waals surface area contributed by atoms with Crippen LogP contribution >= 0.6 is 15.9 Å². The molecule has 0 fully saturated rings. The van der Waals surface area contributed by atoms with E-state index in [0.717, 1.165) is 4.47 Å². The van der Waals surface area contributed by atoms with Crippen LogP contribution in [0.2, 0.25) is 0 Å². The van der Waals surface area contributed by atoms with E-state index in [9.17, 15) is 8.42 Å². The van der Waals surface area contributed by atoms with E-state index in [-0.39, 0.29) is 6.42 Å². The molecule has 1 N–H and O–H groups in total. The van der Waals surface area contributed by atoms with Gasteiger partial charge in [-0.1, -0.05) is 29.3 Å². The molecule has 0 heterocycles. The standard InChI is InChI=1S/C10H13BrO4S/c1-2-3-10(16(12,13)14)15-9-6-4-8(11)5-7-9/h4-7,10H,2-3H2,1H3,(H,12,13,14). The lowest BCUT2D eigenvalue weighted by Crippen LogP contribution is -2.26. The number of hydrogen-bond donors (Lipinski definition) is 1. The molecule has 16 heavy (non-hydrogen) atoms. The topological polar surface area (TPSA) is 63.6 Å². The Morgan fingerprint density at radius 1 is 1.38 bits per heavy atom. The van der Waals surface area contributed by atoms with Crippen LogP contribution in [-0.2, 0) is 10.1 Å². The van der Waals surface area contributed by atoms with E-state index in [2.05, 4.69) is 15.9 Å². The first-order valence-electron chi connectivity index (χ1n) is 4.82. The lowest BCUT2D eigenvalue weighted by Gasteiger charge is -2.15. The van der Waals surface area contributed by atoms with Crippen molar-refractivity contribution in [3.63, 3.8) is 0 Å². The molecule has 0 aromatic heterocycles. The van der Waals surface area contributed by atoms with E-state index < -0.39 is 15.6 Å². The molecule has 1 aromatic rings. The zero-order chi connectivity index (χ0) is 12.2. The summed E-state index contributed by atoms with van der Waals surface area (Å²) in [7, 11) is -4.17. The lowest BCUT2D eigenvalue weighted by atomic mass is 10.3. The third kappa shape index (κ3) is 4.11. The summed E-state index contributed by atoms with van der Waals surface area (Å²) in [6.07, 6.45) is 0.871. The highest BCUT2D eigenvalue weighted by atomic mass is 79.9. The smallest absolute Gasteiger partial charge is 0.303 e. The maximum Gasteiger partial charge on any atom is 0.303 e. The van der Waals surface area contributed by atoms with Gasteiger partial charge in [0.25, 0.3) is 0 Å². The Morgan fingerprint density at radius 2 is 1.94 bits per heavy atom. The molecule has 0 aliphatic rings. The van der Waals surface area contributed by atoms with E-state index in [4.69, 9.17) is 9.29 Å². The summed E-state index contributed by atoms with van der Waals surface area (Å²) in [4.78, 5) is 0. The Hall–Kier alpha value is -0.590.